The van der Waals surface area contributed by atoms with Gasteiger partial charge in [0.15, 0.2) is 0 Å². The predicted octanol–water partition coefficient (Wildman–Crippen LogP) is 0.885. The number of ether oxygens (including phenoxy) is 2. The molecule has 0 aromatic rings. The summed E-state index contributed by atoms with van der Waals surface area (Å²) < 4.78 is 10.4. The smallest absolute Gasteiger partial charge is 0.0635 e. The highest BCUT2D eigenvalue weighted by atomic mass is 16.5. The van der Waals surface area contributed by atoms with Gasteiger partial charge in [-0.25, -0.2) is 0 Å². The molecule has 1 heterocycles. The van der Waals surface area contributed by atoms with Gasteiger partial charge < -0.3 is 9.47 Å². The van der Waals surface area contributed by atoms with Crippen molar-refractivity contribution in [2.75, 3.05) is 46.6 Å². The van der Waals surface area contributed by atoms with Gasteiger partial charge in [-0.1, -0.05) is 0 Å². The Morgan fingerprint density at radius 2 is 2.40 bits per heavy atom. The van der Waals surface area contributed by atoms with Crippen molar-refractivity contribution in [2.24, 2.45) is 5.92 Å². The van der Waals surface area contributed by atoms with E-state index in [1.165, 1.54) is 0 Å². The Balaban J connectivity index is 2.23. The molecule has 1 rings (SSSR count). The molecule has 0 radical (unpaired) electrons. The Kier molecular flexibility index (Phi) is 6.33. The van der Waals surface area contributed by atoms with E-state index in [1.807, 2.05) is 0 Å². The number of hydrogen-bond donors (Lipinski definition) is 0. The zero-order valence-corrected chi connectivity index (χ0v) is 9.45. The van der Waals surface area contributed by atoms with E-state index in [-0.39, 0.29) is 0 Å². The fraction of sp³-hybridized carbons (Fsp3) is 0.909. The molecule has 86 valence electrons. The van der Waals surface area contributed by atoms with Gasteiger partial charge in [-0.15, -0.1) is 0 Å². The highest BCUT2D eigenvalue weighted by molar-refractivity contribution is 4.75. The van der Waals surface area contributed by atoms with Crippen molar-refractivity contribution in [1.82, 2.24) is 4.90 Å². The minimum atomic E-state index is 0.595. The zero-order valence-electron chi connectivity index (χ0n) is 9.45. The summed E-state index contributed by atoms with van der Waals surface area (Å²) in [6.07, 6.45) is 1.74. The van der Waals surface area contributed by atoms with Crippen LogP contribution in [0.3, 0.4) is 0 Å². The SMILES string of the molecule is COCCN(CCC#N)CC1CCOC1. The highest BCUT2D eigenvalue weighted by Gasteiger charge is 2.18. The van der Waals surface area contributed by atoms with Crippen LogP contribution < -0.4 is 0 Å². The van der Waals surface area contributed by atoms with Crippen molar-refractivity contribution in [3.8, 4) is 6.07 Å². The fourth-order valence-electron chi connectivity index (χ4n) is 1.82. The molecule has 15 heavy (non-hydrogen) atoms. The standard InChI is InChI=1S/C11H20N2O2/c1-14-8-6-13(5-2-4-12)9-11-3-7-15-10-11/h11H,2-3,5-10H2,1H3. The van der Waals surface area contributed by atoms with Gasteiger partial charge in [-0.3, -0.25) is 4.90 Å². The molecule has 1 aliphatic heterocycles. The number of rotatable bonds is 7. The lowest BCUT2D eigenvalue weighted by atomic mass is 10.1. The van der Waals surface area contributed by atoms with Crippen molar-refractivity contribution < 1.29 is 9.47 Å². The summed E-state index contributed by atoms with van der Waals surface area (Å²) in [5, 5.41) is 8.57. The lowest BCUT2D eigenvalue weighted by molar-refractivity contribution is 0.129. The average molecular weight is 212 g/mol. The monoisotopic (exact) mass is 212 g/mol. The summed E-state index contributed by atoms with van der Waals surface area (Å²) in [5.41, 5.74) is 0. The van der Waals surface area contributed by atoms with Crippen LogP contribution in [0.5, 0.6) is 0 Å². The Morgan fingerprint density at radius 1 is 1.53 bits per heavy atom. The van der Waals surface area contributed by atoms with Crippen LogP contribution in [0.1, 0.15) is 12.8 Å². The lowest BCUT2D eigenvalue weighted by Gasteiger charge is -2.23. The lowest BCUT2D eigenvalue weighted by Crippen LogP contribution is -2.33. The van der Waals surface area contributed by atoms with Gasteiger partial charge >= 0.3 is 0 Å². The van der Waals surface area contributed by atoms with Gasteiger partial charge in [0.1, 0.15) is 0 Å². The average Bonchev–Trinajstić information content (AvgIpc) is 2.74. The van der Waals surface area contributed by atoms with E-state index in [0.717, 1.165) is 45.9 Å². The summed E-state index contributed by atoms with van der Waals surface area (Å²) in [4.78, 5) is 2.30. The van der Waals surface area contributed by atoms with Crippen LogP contribution in [0, 0.1) is 17.2 Å². The maximum absolute atomic E-state index is 8.57. The van der Waals surface area contributed by atoms with Crippen molar-refractivity contribution in [3.63, 3.8) is 0 Å². The number of hydrogen-bond acceptors (Lipinski definition) is 4. The molecule has 0 aromatic heterocycles. The minimum absolute atomic E-state index is 0.595. The summed E-state index contributed by atoms with van der Waals surface area (Å²) in [6, 6.07) is 2.19. The fourth-order valence-corrected chi connectivity index (χ4v) is 1.82. The first kappa shape index (κ1) is 12.4. The number of methoxy groups -OCH3 is 1. The predicted molar refractivity (Wildman–Crippen MR) is 57.5 cm³/mol. The third kappa shape index (κ3) is 5.12. The molecule has 4 nitrogen and oxygen atoms in total. The molecule has 0 saturated carbocycles. The molecule has 0 bridgehead atoms. The maximum Gasteiger partial charge on any atom is 0.0635 e. The first-order valence-corrected chi connectivity index (χ1v) is 5.52. The minimum Gasteiger partial charge on any atom is -0.383 e. The van der Waals surface area contributed by atoms with E-state index < -0.39 is 0 Å². The van der Waals surface area contributed by atoms with Crippen LogP contribution in [0.2, 0.25) is 0 Å². The molecule has 0 N–H and O–H groups in total. The van der Waals surface area contributed by atoms with Gasteiger partial charge in [-0.05, 0) is 12.3 Å². The van der Waals surface area contributed by atoms with Crippen LogP contribution in [0.4, 0.5) is 0 Å². The Bertz CT molecular complexity index is 197. The van der Waals surface area contributed by atoms with Crippen molar-refractivity contribution >= 4 is 0 Å². The molecular formula is C11H20N2O2. The molecule has 0 spiro atoms. The van der Waals surface area contributed by atoms with E-state index in [9.17, 15) is 0 Å². The first-order chi connectivity index (χ1) is 7.36. The molecule has 1 unspecified atom stereocenters. The van der Waals surface area contributed by atoms with Gasteiger partial charge in [0, 0.05) is 39.8 Å². The summed E-state index contributed by atoms with van der Waals surface area (Å²) in [5.74, 6) is 0.639. The Labute approximate surface area is 91.8 Å². The van der Waals surface area contributed by atoms with Crippen molar-refractivity contribution in [3.05, 3.63) is 0 Å². The molecule has 4 heteroatoms. The van der Waals surface area contributed by atoms with E-state index in [0.29, 0.717) is 12.3 Å². The second-order valence-corrected chi connectivity index (χ2v) is 3.93. The van der Waals surface area contributed by atoms with Crippen LogP contribution in [0.15, 0.2) is 0 Å². The first-order valence-electron chi connectivity index (χ1n) is 5.52. The van der Waals surface area contributed by atoms with E-state index >= 15 is 0 Å². The zero-order chi connectivity index (χ0) is 10.9. The molecule has 0 aliphatic carbocycles. The van der Waals surface area contributed by atoms with E-state index in [1.54, 1.807) is 7.11 Å². The molecular weight excluding hydrogens is 192 g/mol. The molecule has 1 atom stereocenters. The van der Waals surface area contributed by atoms with Crippen LogP contribution in [-0.2, 0) is 9.47 Å². The van der Waals surface area contributed by atoms with Crippen LogP contribution in [-0.4, -0.2) is 51.5 Å². The second-order valence-electron chi connectivity index (χ2n) is 3.93. The van der Waals surface area contributed by atoms with Gasteiger partial charge in [-0.2, -0.15) is 5.26 Å². The summed E-state index contributed by atoms with van der Waals surface area (Å²) in [7, 11) is 1.71. The molecule has 1 fully saturated rings. The third-order valence-electron chi connectivity index (χ3n) is 2.69. The van der Waals surface area contributed by atoms with E-state index in [2.05, 4.69) is 11.0 Å². The topological polar surface area (TPSA) is 45.5 Å². The second kappa shape index (κ2) is 7.63. The van der Waals surface area contributed by atoms with Gasteiger partial charge in [0.2, 0.25) is 0 Å². The number of nitriles is 1. The Morgan fingerprint density at radius 3 is 3.00 bits per heavy atom. The maximum atomic E-state index is 8.57. The highest BCUT2D eigenvalue weighted by Crippen LogP contribution is 2.13. The van der Waals surface area contributed by atoms with Crippen LogP contribution >= 0.6 is 0 Å². The summed E-state index contributed by atoms with van der Waals surface area (Å²) in [6.45, 7) is 5.28. The quantitative estimate of drug-likeness (QED) is 0.628. The largest absolute Gasteiger partial charge is 0.383 e. The van der Waals surface area contributed by atoms with Crippen LogP contribution in [0.25, 0.3) is 0 Å². The molecule has 0 amide bonds. The van der Waals surface area contributed by atoms with Crippen molar-refractivity contribution in [2.45, 2.75) is 12.8 Å². The van der Waals surface area contributed by atoms with Gasteiger partial charge in [0.05, 0.1) is 19.3 Å². The molecule has 1 saturated heterocycles. The normalized spacial score (nSPS) is 20.7. The summed E-state index contributed by atoms with van der Waals surface area (Å²) >= 11 is 0. The third-order valence-corrected chi connectivity index (χ3v) is 2.69. The molecule has 1 aliphatic rings. The molecule has 0 aromatic carbocycles. The van der Waals surface area contributed by atoms with Crippen molar-refractivity contribution in [1.29, 1.82) is 5.26 Å². The van der Waals surface area contributed by atoms with Gasteiger partial charge in [0.25, 0.3) is 0 Å². The number of nitrogens with zero attached hydrogens (tertiary/aromatic N) is 2. The van der Waals surface area contributed by atoms with E-state index in [4.69, 9.17) is 14.7 Å². The Hall–Kier alpha value is -0.630.